The van der Waals surface area contributed by atoms with E-state index in [9.17, 15) is 9.59 Å². The molecule has 1 rings (SSSR count). The Morgan fingerprint density at radius 3 is 2.08 bits per heavy atom. The fourth-order valence-electron chi connectivity index (χ4n) is 0.477. The molecule has 0 aliphatic heterocycles. The van der Waals surface area contributed by atoms with Crippen molar-refractivity contribution in [1.82, 2.24) is 9.97 Å². The maximum atomic E-state index is 10.6. The number of rotatable bonds is 0. The van der Waals surface area contributed by atoms with Crippen LogP contribution in [0.4, 0.5) is 0 Å². The van der Waals surface area contributed by atoms with Crippen molar-refractivity contribution in [2.75, 3.05) is 0 Å². The molecule has 7 nitrogen and oxygen atoms in total. The number of aromatic nitrogens is 2. The molecule has 74 valence electrons. The Labute approximate surface area is 73.7 Å². The third-order valence-electron chi connectivity index (χ3n) is 1.00. The molecule has 0 spiro atoms. The average Bonchev–Trinajstić information content (AvgIpc) is 1.96. The maximum absolute atomic E-state index is 10.6. The molecule has 0 aliphatic rings. The zero-order chi connectivity index (χ0) is 10.4. The van der Waals surface area contributed by atoms with Crippen LogP contribution in [-0.2, 0) is 0 Å². The normalized spacial score (nSPS) is 9.31. The van der Waals surface area contributed by atoms with Crippen LogP contribution < -0.4 is 11.2 Å². The molecular weight excluding hydrogens is 199 g/mol. The summed E-state index contributed by atoms with van der Waals surface area (Å²) in [5.41, 5.74) is -0.293. The minimum atomic E-state index is -2.62. The average molecular weight is 208 g/mol. The van der Waals surface area contributed by atoms with Gasteiger partial charge in [0, 0.05) is 11.8 Å². The van der Waals surface area contributed by atoms with Gasteiger partial charge in [0.2, 0.25) is 0 Å². The summed E-state index contributed by atoms with van der Waals surface area (Å²) in [7, 11) is -2.62. The molecule has 13 heavy (non-hydrogen) atoms. The van der Waals surface area contributed by atoms with E-state index in [0.29, 0.717) is 5.56 Å². The van der Waals surface area contributed by atoms with Gasteiger partial charge in [-0.05, 0) is 6.92 Å². The zero-order valence-electron chi connectivity index (χ0n) is 6.68. The predicted molar refractivity (Wildman–Crippen MR) is 46.0 cm³/mol. The summed E-state index contributed by atoms with van der Waals surface area (Å²) in [5, 5.41) is 0. The van der Waals surface area contributed by atoms with Crippen molar-refractivity contribution >= 4 is 8.60 Å². The van der Waals surface area contributed by atoms with E-state index in [1.54, 1.807) is 6.92 Å². The van der Waals surface area contributed by atoms with Crippen molar-refractivity contribution in [1.29, 1.82) is 0 Å². The van der Waals surface area contributed by atoms with Crippen molar-refractivity contribution < 1.29 is 14.7 Å². The molecule has 0 unspecified atom stereocenters. The second-order valence-electron chi connectivity index (χ2n) is 2.02. The molecule has 0 saturated heterocycles. The Morgan fingerprint density at radius 1 is 1.31 bits per heavy atom. The Morgan fingerprint density at radius 2 is 1.77 bits per heavy atom. The maximum Gasteiger partial charge on any atom is 0.325 e. The smallest absolute Gasteiger partial charge is 0.325 e. The quantitative estimate of drug-likeness (QED) is 0.334. The first kappa shape index (κ1) is 12.0. The van der Waals surface area contributed by atoms with Gasteiger partial charge in [-0.2, -0.15) is 0 Å². The lowest BCUT2D eigenvalue weighted by molar-refractivity contribution is 0.368. The molecule has 0 aliphatic carbocycles. The van der Waals surface area contributed by atoms with Crippen molar-refractivity contribution in [2.45, 2.75) is 6.92 Å². The van der Waals surface area contributed by atoms with Gasteiger partial charge in [-0.15, -0.1) is 0 Å². The number of hydrogen-bond acceptors (Lipinski definition) is 5. The van der Waals surface area contributed by atoms with E-state index in [2.05, 4.69) is 9.97 Å². The number of aryl methyl sites for hydroxylation is 1. The second-order valence-corrected chi connectivity index (χ2v) is 2.56. The van der Waals surface area contributed by atoms with E-state index in [4.69, 9.17) is 14.7 Å². The first-order valence-corrected chi connectivity index (χ1v) is 4.29. The van der Waals surface area contributed by atoms with Gasteiger partial charge < -0.3 is 19.7 Å². The lowest BCUT2D eigenvalue weighted by atomic mass is 10.4. The molecule has 0 radical (unpaired) electrons. The van der Waals surface area contributed by atoms with Gasteiger partial charge in [0.25, 0.3) is 5.56 Å². The summed E-state index contributed by atoms with van der Waals surface area (Å²) in [6.07, 6.45) is 1.38. The molecule has 8 heteroatoms. The Hall–Kier alpha value is -1.01. The molecule has 5 N–H and O–H groups in total. The number of H-pyrrole nitrogens is 2. The van der Waals surface area contributed by atoms with Crippen LogP contribution in [-0.4, -0.2) is 24.6 Å². The third kappa shape index (κ3) is 6.18. The topological polar surface area (TPSA) is 126 Å². The summed E-state index contributed by atoms with van der Waals surface area (Å²) >= 11 is 0. The zero-order valence-corrected chi connectivity index (χ0v) is 7.58. The van der Waals surface area contributed by atoms with E-state index >= 15 is 0 Å². The highest BCUT2D eigenvalue weighted by molar-refractivity contribution is 7.38. The van der Waals surface area contributed by atoms with Gasteiger partial charge in [0.05, 0.1) is 0 Å². The first-order valence-electron chi connectivity index (χ1n) is 3.09. The van der Waals surface area contributed by atoms with Gasteiger partial charge >= 0.3 is 14.3 Å². The summed E-state index contributed by atoms with van der Waals surface area (Å²) in [5.74, 6) is 0. The summed E-state index contributed by atoms with van der Waals surface area (Å²) in [6.45, 7) is 1.62. The monoisotopic (exact) mass is 208 g/mol. The highest BCUT2D eigenvalue weighted by Gasteiger charge is 1.88. The Kier molecular flexibility index (Phi) is 5.17. The summed E-state index contributed by atoms with van der Waals surface area (Å²) < 4.78 is 0. The first-order chi connectivity index (χ1) is 5.93. The van der Waals surface area contributed by atoms with Crippen LogP contribution in [0.25, 0.3) is 0 Å². The molecule has 0 amide bonds. The number of aromatic amines is 2. The van der Waals surface area contributed by atoms with Crippen LogP contribution >= 0.6 is 8.60 Å². The fraction of sp³-hybridized carbons (Fsp3) is 0.200. The van der Waals surface area contributed by atoms with Crippen molar-refractivity contribution in [3.05, 3.63) is 32.6 Å². The summed E-state index contributed by atoms with van der Waals surface area (Å²) in [4.78, 5) is 47.0. The second kappa shape index (κ2) is 5.60. The molecule has 0 bridgehead atoms. The van der Waals surface area contributed by atoms with E-state index < -0.39 is 14.3 Å². The molecule has 1 aromatic rings. The standard InChI is InChI=1S/C5H6N2O2.H3O3P/c1-3-2-6-5(9)7-4(3)8;1-4(2)3/h2H,1H3,(H2,6,7,8,9);1-3H. The molecular formula is C5H9N2O5P. The van der Waals surface area contributed by atoms with Crippen LogP contribution in [0.2, 0.25) is 0 Å². The minimum Gasteiger partial charge on any atom is -0.328 e. The predicted octanol–water partition coefficient (Wildman–Crippen LogP) is -1.44. The molecule has 0 saturated carbocycles. The van der Waals surface area contributed by atoms with Gasteiger partial charge in [0.15, 0.2) is 0 Å². The largest absolute Gasteiger partial charge is 0.328 e. The minimum absolute atomic E-state index is 0.334. The SMILES string of the molecule is Cc1c[nH]c(=O)[nH]c1=O.OP(O)O. The Bertz CT molecular complexity index is 354. The van der Waals surface area contributed by atoms with Crippen LogP contribution in [0, 0.1) is 6.92 Å². The van der Waals surface area contributed by atoms with Gasteiger partial charge in [0.1, 0.15) is 0 Å². The van der Waals surface area contributed by atoms with E-state index in [1.165, 1.54) is 6.20 Å². The lowest BCUT2D eigenvalue weighted by Gasteiger charge is -1.84. The molecule has 0 aromatic carbocycles. The third-order valence-corrected chi connectivity index (χ3v) is 1.00. The summed E-state index contributed by atoms with van der Waals surface area (Å²) in [6, 6.07) is 0. The molecule has 1 aromatic heterocycles. The number of hydrogen-bond donors (Lipinski definition) is 5. The van der Waals surface area contributed by atoms with Crippen LogP contribution in [0.1, 0.15) is 5.56 Å². The van der Waals surface area contributed by atoms with E-state index in [-0.39, 0.29) is 5.56 Å². The molecule has 0 fully saturated rings. The Balaban J connectivity index is 0.000000310. The highest BCUT2D eigenvalue weighted by Crippen LogP contribution is 2.11. The van der Waals surface area contributed by atoms with Crippen molar-refractivity contribution in [3.63, 3.8) is 0 Å². The van der Waals surface area contributed by atoms with Gasteiger partial charge in [-0.1, -0.05) is 0 Å². The van der Waals surface area contributed by atoms with Gasteiger partial charge in [-0.25, -0.2) is 4.79 Å². The van der Waals surface area contributed by atoms with Crippen LogP contribution in [0.5, 0.6) is 0 Å². The van der Waals surface area contributed by atoms with Crippen LogP contribution in [0.15, 0.2) is 15.8 Å². The van der Waals surface area contributed by atoms with E-state index in [0.717, 1.165) is 0 Å². The van der Waals surface area contributed by atoms with Crippen molar-refractivity contribution in [2.24, 2.45) is 0 Å². The van der Waals surface area contributed by atoms with Crippen molar-refractivity contribution in [3.8, 4) is 0 Å². The highest BCUT2D eigenvalue weighted by atomic mass is 31.2. The fourth-order valence-corrected chi connectivity index (χ4v) is 0.477. The molecule has 0 atom stereocenters. The number of nitrogens with one attached hydrogen (secondary N) is 2. The lowest BCUT2D eigenvalue weighted by Crippen LogP contribution is -2.22. The van der Waals surface area contributed by atoms with E-state index in [1.807, 2.05) is 0 Å². The molecule has 1 heterocycles. The van der Waals surface area contributed by atoms with Gasteiger partial charge in [-0.3, -0.25) is 9.78 Å². The van der Waals surface area contributed by atoms with Crippen LogP contribution in [0.3, 0.4) is 0 Å².